The lowest BCUT2D eigenvalue weighted by Gasteiger charge is -2.28. The van der Waals surface area contributed by atoms with Crippen LogP contribution in [0.15, 0.2) is 83.9 Å². The minimum Gasteiger partial charge on any atom is -0.493 e. The number of nitrogens with two attached hydrogens (primary N) is 1. The van der Waals surface area contributed by atoms with Gasteiger partial charge in [-0.05, 0) is 35.7 Å². The number of carbonyl (C=O) groups is 1. The van der Waals surface area contributed by atoms with Crippen molar-refractivity contribution in [3.8, 4) is 16.9 Å². The molecule has 5 nitrogen and oxygen atoms in total. The zero-order valence-corrected chi connectivity index (χ0v) is 16.5. The SMILES string of the molecule is CCOc1ccc(-c2ccccc2)cc1C1(c2ccccc2)N=C(N)N(C)C1=O. The van der Waals surface area contributed by atoms with E-state index in [0.717, 1.165) is 16.7 Å². The molecule has 3 aromatic carbocycles. The monoisotopic (exact) mass is 385 g/mol. The van der Waals surface area contributed by atoms with Gasteiger partial charge in [0.1, 0.15) is 5.75 Å². The summed E-state index contributed by atoms with van der Waals surface area (Å²) in [6.07, 6.45) is 0. The summed E-state index contributed by atoms with van der Waals surface area (Å²) < 4.78 is 5.92. The zero-order chi connectivity index (χ0) is 20.4. The van der Waals surface area contributed by atoms with Gasteiger partial charge < -0.3 is 10.5 Å². The van der Waals surface area contributed by atoms with E-state index in [1.807, 2.05) is 85.8 Å². The number of guanidine groups is 1. The van der Waals surface area contributed by atoms with Crippen molar-refractivity contribution in [3.05, 3.63) is 90.0 Å². The third-order valence-corrected chi connectivity index (χ3v) is 5.21. The van der Waals surface area contributed by atoms with Gasteiger partial charge >= 0.3 is 0 Å². The average Bonchev–Trinajstić information content (AvgIpc) is 3.00. The summed E-state index contributed by atoms with van der Waals surface area (Å²) in [6, 6.07) is 25.4. The summed E-state index contributed by atoms with van der Waals surface area (Å²) in [4.78, 5) is 19.6. The van der Waals surface area contributed by atoms with Gasteiger partial charge in [-0.2, -0.15) is 0 Å². The summed E-state index contributed by atoms with van der Waals surface area (Å²) in [6.45, 7) is 2.40. The number of hydrogen-bond acceptors (Lipinski definition) is 4. The van der Waals surface area contributed by atoms with Crippen LogP contribution < -0.4 is 10.5 Å². The molecule has 1 aliphatic heterocycles. The van der Waals surface area contributed by atoms with Crippen molar-refractivity contribution in [2.45, 2.75) is 12.5 Å². The maximum Gasteiger partial charge on any atom is 0.266 e. The number of amides is 1. The zero-order valence-electron chi connectivity index (χ0n) is 16.5. The Bertz CT molecular complexity index is 1060. The molecule has 146 valence electrons. The lowest BCUT2D eigenvalue weighted by Crippen LogP contribution is -2.41. The molecule has 1 amide bonds. The van der Waals surface area contributed by atoms with Gasteiger partial charge in [-0.3, -0.25) is 9.69 Å². The third kappa shape index (κ3) is 3.05. The number of benzene rings is 3. The Balaban J connectivity index is 2.01. The first-order valence-electron chi connectivity index (χ1n) is 9.59. The highest BCUT2D eigenvalue weighted by atomic mass is 16.5. The van der Waals surface area contributed by atoms with Gasteiger partial charge in [0.15, 0.2) is 11.5 Å². The summed E-state index contributed by atoms with van der Waals surface area (Å²) >= 11 is 0. The molecule has 0 aromatic heterocycles. The van der Waals surface area contributed by atoms with Crippen molar-refractivity contribution in [3.63, 3.8) is 0 Å². The van der Waals surface area contributed by atoms with Crippen molar-refractivity contribution < 1.29 is 9.53 Å². The molecule has 1 atom stereocenters. The van der Waals surface area contributed by atoms with E-state index in [-0.39, 0.29) is 11.9 Å². The predicted molar refractivity (Wildman–Crippen MR) is 115 cm³/mol. The number of ether oxygens (including phenoxy) is 1. The van der Waals surface area contributed by atoms with Crippen LogP contribution in [0.1, 0.15) is 18.1 Å². The second-order valence-corrected chi connectivity index (χ2v) is 6.92. The molecule has 1 unspecified atom stereocenters. The molecule has 5 heteroatoms. The first-order valence-corrected chi connectivity index (χ1v) is 9.59. The second-order valence-electron chi connectivity index (χ2n) is 6.92. The van der Waals surface area contributed by atoms with E-state index in [0.29, 0.717) is 17.9 Å². The van der Waals surface area contributed by atoms with Crippen molar-refractivity contribution in [2.75, 3.05) is 13.7 Å². The number of hydrogen-bond donors (Lipinski definition) is 1. The van der Waals surface area contributed by atoms with Crippen molar-refractivity contribution in [1.29, 1.82) is 0 Å². The van der Waals surface area contributed by atoms with Gasteiger partial charge in [0.2, 0.25) is 0 Å². The number of nitrogens with zero attached hydrogens (tertiary/aromatic N) is 2. The van der Waals surface area contributed by atoms with Crippen molar-refractivity contribution in [2.24, 2.45) is 10.7 Å². The Morgan fingerprint density at radius 3 is 2.21 bits per heavy atom. The minimum absolute atomic E-state index is 0.186. The number of rotatable bonds is 5. The fourth-order valence-electron chi connectivity index (χ4n) is 3.74. The van der Waals surface area contributed by atoms with Crippen LogP contribution in [-0.4, -0.2) is 30.4 Å². The molecule has 0 bridgehead atoms. The van der Waals surface area contributed by atoms with E-state index in [4.69, 9.17) is 15.5 Å². The fourth-order valence-corrected chi connectivity index (χ4v) is 3.74. The van der Waals surface area contributed by atoms with E-state index in [1.54, 1.807) is 7.05 Å². The predicted octanol–water partition coefficient (Wildman–Crippen LogP) is 3.78. The Morgan fingerprint density at radius 1 is 0.966 bits per heavy atom. The molecule has 0 saturated carbocycles. The molecule has 1 aliphatic rings. The molecule has 2 N–H and O–H groups in total. The molecule has 0 radical (unpaired) electrons. The number of aliphatic imine (C=N–C) groups is 1. The molecule has 1 heterocycles. The smallest absolute Gasteiger partial charge is 0.266 e. The summed E-state index contributed by atoms with van der Waals surface area (Å²) in [5.41, 5.74) is 8.30. The van der Waals surface area contributed by atoms with Gasteiger partial charge in [0, 0.05) is 12.6 Å². The molecular weight excluding hydrogens is 362 g/mol. The van der Waals surface area contributed by atoms with E-state index < -0.39 is 5.54 Å². The fraction of sp³-hybridized carbons (Fsp3) is 0.167. The van der Waals surface area contributed by atoms with Crippen LogP contribution in [0.25, 0.3) is 11.1 Å². The highest BCUT2D eigenvalue weighted by Crippen LogP contribution is 2.44. The topological polar surface area (TPSA) is 67.9 Å². The van der Waals surface area contributed by atoms with Crippen LogP contribution in [0.3, 0.4) is 0 Å². The Labute approximate surface area is 170 Å². The van der Waals surface area contributed by atoms with Crippen LogP contribution in [0, 0.1) is 0 Å². The lowest BCUT2D eigenvalue weighted by atomic mass is 9.81. The molecule has 0 aliphatic carbocycles. The largest absolute Gasteiger partial charge is 0.493 e. The summed E-state index contributed by atoms with van der Waals surface area (Å²) in [7, 11) is 1.65. The van der Waals surface area contributed by atoms with Gasteiger partial charge in [0.05, 0.1) is 6.61 Å². The van der Waals surface area contributed by atoms with Gasteiger partial charge in [-0.1, -0.05) is 66.7 Å². The molecule has 0 saturated heterocycles. The Morgan fingerprint density at radius 2 is 1.62 bits per heavy atom. The standard InChI is InChI=1S/C24H23N3O2/c1-3-29-21-15-14-18(17-10-6-4-7-11-17)16-20(21)24(19-12-8-5-9-13-19)22(28)27(2)23(25)26-24/h4-16H,3H2,1-2H3,(H2,25,26). The van der Waals surface area contributed by atoms with Crippen LogP contribution in [-0.2, 0) is 10.3 Å². The van der Waals surface area contributed by atoms with Crippen molar-refractivity contribution >= 4 is 11.9 Å². The maximum atomic E-state index is 13.5. The summed E-state index contributed by atoms with van der Waals surface area (Å²) in [5, 5.41) is 0. The van der Waals surface area contributed by atoms with Crippen LogP contribution >= 0.6 is 0 Å². The third-order valence-electron chi connectivity index (χ3n) is 5.21. The van der Waals surface area contributed by atoms with E-state index >= 15 is 0 Å². The first kappa shape index (κ1) is 18.7. The highest BCUT2D eigenvalue weighted by Gasteiger charge is 2.51. The van der Waals surface area contributed by atoms with Crippen LogP contribution in [0.5, 0.6) is 5.75 Å². The van der Waals surface area contributed by atoms with E-state index in [9.17, 15) is 4.79 Å². The molecule has 4 rings (SSSR count). The normalized spacial score (nSPS) is 18.6. The van der Waals surface area contributed by atoms with Crippen LogP contribution in [0.4, 0.5) is 0 Å². The summed E-state index contributed by atoms with van der Waals surface area (Å²) in [5.74, 6) is 0.606. The minimum atomic E-state index is -1.28. The van der Waals surface area contributed by atoms with E-state index in [2.05, 4.69) is 0 Å². The van der Waals surface area contributed by atoms with E-state index in [1.165, 1.54) is 4.90 Å². The molecule has 0 spiro atoms. The first-order chi connectivity index (χ1) is 14.1. The highest BCUT2D eigenvalue weighted by molar-refractivity contribution is 6.09. The maximum absolute atomic E-state index is 13.5. The van der Waals surface area contributed by atoms with Gasteiger partial charge in [0.25, 0.3) is 5.91 Å². The molecule has 0 fully saturated rings. The second kappa shape index (κ2) is 7.43. The Hall–Kier alpha value is -3.60. The quantitative estimate of drug-likeness (QED) is 0.727. The van der Waals surface area contributed by atoms with Crippen LogP contribution in [0.2, 0.25) is 0 Å². The Kier molecular flexibility index (Phi) is 4.80. The average molecular weight is 385 g/mol. The molecular formula is C24H23N3O2. The van der Waals surface area contributed by atoms with Gasteiger partial charge in [-0.25, -0.2) is 4.99 Å². The number of carbonyl (C=O) groups excluding carboxylic acids is 1. The van der Waals surface area contributed by atoms with Gasteiger partial charge in [-0.15, -0.1) is 0 Å². The molecule has 3 aromatic rings. The number of likely N-dealkylation sites (N-methyl/N-ethyl adjacent to an activating group) is 1. The van der Waals surface area contributed by atoms with Crippen molar-refractivity contribution in [1.82, 2.24) is 4.90 Å². The molecule has 29 heavy (non-hydrogen) atoms. The lowest BCUT2D eigenvalue weighted by molar-refractivity contribution is -0.129.